The molecule has 0 bridgehead atoms. The van der Waals surface area contributed by atoms with Crippen LogP contribution in [-0.2, 0) is 4.74 Å². The number of ether oxygens (including phenoxy) is 3. The highest BCUT2D eigenvalue weighted by Gasteiger charge is 2.19. The summed E-state index contributed by atoms with van der Waals surface area (Å²) in [5.41, 5.74) is 1.76. The molecule has 29 heavy (non-hydrogen) atoms. The first kappa shape index (κ1) is 19.3. The summed E-state index contributed by atoms with van der Waals surface area (Å²) >= 11 is 3.35. The normalized spacial score (nSPS) is 11.0. The Labute approximate surface area is 175 Å². The maximum Gasteiger partial charge on any atom is 0.342 e. The molecule has 6 nitrogen and oxygen atoms in total. The number of aromatic nitrogens is 1. The van der Waals surface area contributed by atoms with Crippen LogP contribution >= 0.6 is 15.9 Å². The molecule has 4 aromatic rings. The van der Waals surface area contributed by atoms with Gasteiger partial charge in [-0.05, 0) is 37.3 Å². The Kier molecular flexibility index (Phi) is 5.40. The first-order valence-electron chi connectivity index (χ1n) is 8.97. The molecule has 0 aliphatic rings. The van der Waals surface area contributed by atoms with Crippen LogP contribution in [0.3, 0.4) is 0 Å². The Morgan fingerprint density at radius 1 is 1.10 bits per heavy atom. The van der Waals surface area contributed by atoms with Crippen molar-refractivity contribution < 1.29 is 23.4 Å². The van der Waals surface area contributed by atoms with Crippen molar-refractivity contribution in [3.05, 3.63) is 60.0 Å². The van der Waals surface area contributed by atoms with Crippen LogP contribution in [0.5, 0.6) is 17.2 Å². The van der Waals surface area contributed by atoms with Crippen LogP contribution in [-0.4, -0.2) is 30.0 Å². The molecule has 0 aliphatic carbocycles. The molecule has 0 radical (unpaired) electrons. The van der Waals surface area contributed by atoms with E-state index in [1.807, 2.05) is 18.2 Å². The van der Waals surface area contributed by atoms with Crippen molar-refractivity contribution >= 4 is 43.8 Å². The van der Waals surface area contributed by atoms with Crippen molar-refractivity contribution in [2.75, 3.05) is 19.0 Å². The largest absolute Gasteiger partial charge is 0.493 e. The van der Waals surface area contributed by atoms with Crippen LogP contribution in [0.25, 0.3) is 21.9 Å². The van der Waals surface area contributed by atoms with Gasteiger partial charge in [0.15, 0.2) is 0 Å². The number of rotatable bonds is 6. The van der Waals surface area contributed by atoms with Crippen molar-refractivity contribution in [3.8, 4) is 17.2 Å². The molecule has 0 spiro atoms. The van der Waals surface area contributed by atoms with Crippen LogP contribution in [0.15, 0.2) is 53.1 Å². The molecule has 7 heteroatoms. The second-order valence-corrected chi connectivity index (χ2v) is 7.10. The Morgan fingerprint density at radius 3 is 2.69 bits per heavy atom. The predicted molar refractivity (Wildman–Crippen MR) is 113 cm³/mol. The molecule has 0 atom stereocenters. The van der Waals surface area contributed by atoms with Crippen molar-refractivity contribution in [3.63, 3.8) is 0 Å². The van der Waals surface area contributed by atoms with E-state index in [1.54, 1.807) is 37.4 Å². The number of fused-ring (bicyclic) bond motifs is 2. The van der Waals surface area contributed by atoms with Gasteiger partial charge < -0.3 is 18.6 Å². The van der Waals surface area contributed by atoms with Crippen LogP contribution in [0.2, 0.25) is 0 Å². The Morgan fingerprint density at radius 2 is 1.90 bits per heavy atom. The van der Waals surface area contributed by atoms with E-state index in [1.165, 1.54) is 7.11 Å². The summed E-state index contributed by atoms with van der Waals surface area (Å²) in [6.07, 6.45) is 1.69. The minimum Gasteiger partial charge on any atom is -0.493 e. The smallest absolute Gasteiger partial charge is 0.342 e. The van der Waals surface area contributed by atoms with Crippen molar-refractivity contribution in [1.82, 2.24) is 4.98 Å². The lowest BCUT2D eigenvalue weighted by Crippen LogP contribution is -2.01. The number of pyridine rings is 1. The average Bonchev–Trinajstić information content (AvgIpc) is 3.06. The van der Waals surface area contributed by atoms with E-state index in [9.17, 15) is 4.79 Å². The zero-order chi connectivity index (χ0) is 20.4. The highest BCUT2D eigenvalue weighted by atomic mass is 79.9. The van der Waals surface area contributed by atoms with Crippen LogP contribution in [0, 0.1) is 6.92 Å². The number of methoxy groups -OCH3 is 1. The van der Waals surface area contributed by atoms with Gasteiger partial charge in [0.1, 0.15) is 34.2 Å². The number of benzene rings is 2. The number of hydrogen-bond donors (Lipinski definition) is 0. The summed E-state index contributed by atoms with van der Waals surface area (Å²) in [5.74, 6) is 2.10. The summed E-state index contributed by atoms with van der Waals surface area (Å²) in [6.45, 7) is 2.32. The van der Waals surface area contributed by atoms with E-state index < -0.39 is 5.97 Å². The quantitative estimate of drug-likeness (QED) is 0.276. The zero-order valence-electron chi connectivity index (χ0n) is 15.9. The lowest BCUT2D eigenvalue weighted by Gasteiger charge is -2.10. The van der Waals surface area contributed by atoms with E-state index >= 15 is 0 Å². The van der Waals surface area contributed by atoms with Gasteiger partial charge in [-0.15, -0.1) is 0 Å². The molecule has 0 fully saturated rings. The fraction of sp³-hybridized carbons (Fsp3) is 0.182. The third-order valence-electron chi connectivity index (χ3n) is 4.47. The average molecular weight is 456 g/mol. The Balaban J connectivity index is 1.67. The van der Waals surface area contributed by atoms with Crippen LogP contribution < -0.4 is 9.47 Å². The molecule has 4 rings (SSSR count). The number of hydrogen-bond acceptors (Lipinski definition) is 6. The summed E-state index contributed by atoms with van der Waals surface area (Å²) < 4.78 is 22.3. The van der Waals surface area contributed by atoms with Gasteiger partial charge in [0.05, 0.1) is 19.2 Å². The Bertz CT molecular complexity index is 1200. The monoisotopic (exact) mass is 455 g/mol. The lowest BCUT2D eigenvalue weighted by molar-refractivity contribution is 0.0600. The first-order chi connectivity index (χ1) is 14.1. The number of furan rings is 1. The number of halogens is 1. The maximum atomic E-state index is 12.0. The zero-order valence-corrected chi connectivity index (χ0v) is 17.5. The van der Waals surface area contributed by atoms with E-state index in [0.717, 1.165) is 22.0 Å². The topological polar surface area (TPSA) is 70.8 Å². The number of alkyl halides is 1. The molecular weight excluding hydrogens is 438 g/mol. The third kappa shape index (κ3) is 3.78. The number of carbonyl (C=O) groups excluding carboxylic acids is 1. The van der Waals surface area contributed by atoms with Crippen molar-refractivity contribution in [2.45, 2.75) is 6.92 Å². The number of nitrogens with zero attached hydrogens (tertiary/aromatic N) is 1. The molecule has 2 heterocycles. The maximum absolute atomic E-state index is 12.0. The fourth-order valence-electron chi connectivity index (χ4n) is 3.18. The number of esters is 1. The summed E-state index contributed by atoms with van der Waals surface area (Å²) in [5, 5.41) is 2.31. The minimum atomic E-state index is -0.423. The van der Waals surface area contributed by atoms with Crippen molar-refractivity contribution in [1.29, 1.82) is 0 Å². The molecule has 0 unspecified atom stereocenters. The van der Waals surface area contributed by atoms with Gasteiger partial charge in [-0.25, -0.2) is 4.79 Å². The van der Waals surface area contributed by atoms with E-state index in [4.69, 9.17) is 18.6 Å². The molecule has 2 aromatic carbocycles. The lowest BCUT2D eigenvalue weighted by atomic mass is 10.1. The molecule has 0 amide bonds. The summed E-state index contributed by atoms with van der Waals surface area (Å²) in [7, 11) is 1.35. The highest BCUT2D eigenvalue weighted by Crippen LogP contribution is 2.34. The minimum absolute atomic E-state index is 0.423. The van der Waals surface area contributed by atoms with Crippen LogP contribution in [0.4, 0.5) is 0 Å². The van der Waals surface area contributed by atoms with Gasteiger partial charge in [0.2, 0.25) is 0 Å². The Hall–Kier alpha value is -3.06. The summed E-state index contributed by atoms with van der Waals surface area (Å²) in [6, 6.07) is 12.8. The SMILES string of the molecule is COC(=O)c1c(C)oc2cc(Oc3ccnc4cc(OCCBr)ccc34)ccc12. The molecule has 0 N–H and O–H groups in total. The molecule has 0 saturated carbocycles. The van der Waals surface area contributed by atoms with Crippen molar-refractivity contribution in [2.24, 2.45) is 0 Å². The highest BCUT2D eigenvalue weighted by molar-refractivity contribution is 9.09. The van der Waals surface area contributed by atoms with E-state index in [2.05, 4.69) is 20.9 Å². The second kappa shape index (κ2) is 8.13. The number of carbonyl (C=O) groups is 1. The van der Waals surface area contributed by atoms with Gasteiger partial charge >= 0.3 is 5.97 Å². The second-order valence-electron chi connectivity index (χ2n) is 6.31. The predicted octanol–water partition coefficient (Wildman–Crippen LogP) is 5.64. The fourth-order valence-corrected chi connectivity index (χ4v) is 3.34. The molecule has 2 aromatic heterocycles. The van der Waals surface area contributed by atoms with E-state index in [0.29, 0.717) is 40.4 Å². The van der Waals surface area contributed by atoms with E-state index in [-0.39, 0.29) is 0 Å². The third-order valence-corrected chi connectivity index (χ3v) is 4.80. The molecular formula is C22H18BrNO5. The first-order valence-corrected chi connectivity index (χ1v) is 10.1. The van der Waals surface area contributed by atoms with Gasteiger partial charge in [-0.1, -0.05) is 15.9 Å². The van der Waals surface area contributed by atoms with Gasteiger partial charge in [0.25, 0.3) is 0 Å². The summed E-state index contributed by atoms with van der Waals surface area (Å²) in [4.78, 5) is 16.4. The standard InChI is InChI=1S/C22H18BrNO5/c1-13-21(22(25)26-2)17-6-4-15(12-20(17)28-13)29-19-7-9-24-18-11-14(27-10-8-23)3-5-16(18)19/h3-7,9,11-12H,8,10H2,1-2H3. The van der Waals surface area contributed by atoms with Gasteiger partial charge in [-0.3, -0.25) is 4.98 Å². The van der Waals surface area contributed by atoms with Gasteiger partial charge in [0, 0.05) is 34.4 Å². The molecule has 0 saturated heterocycles. The molecule has 148 valence electrons. The van der Waals surface area contributed by atoms with Gasteiger partial charge in [-0.2, -0.15) is 0 Å². The number of aryl methyl sites for hydroxylation is 1. The van der Waals surface area contributed by atoms with Crippen LogP contribution in [0.1, 0.15) is 16.1 Å². The molecule has 0 aliphatic heterocycles.